The van der Waals surface area contributed by atoms with Crippen LogP contribution < -0.4 is 5.73 Å². The number of pyridine rings is 1. The van der Waals surface area contributed by atoms with Gasteiger partial charge in [0.05, 0.1) is 5.69 Å². The SMILES string of the molecule is Cc1cnc(CN2CC=C(C(C)(C)C)CC2)c(C)c1N. The monoisotopic (exact) mass is 273 g/mol. The Balaban J connectivity index is 2.07. The molecule has 1 aliphatic rings. The van der Waals surface area contributed by atoms with Crippen molar-refractivity contribution in [1.82, 2.24) is 9.88 Å². The van der Waals surface area contributed by atoms with Gasteiger partial charge in [-0.2, -0.15) is 0 Å². The third-order valence-corrected chi connectivity index (χ3v) is 4.31. The van der Waals surface area contributed by atoms with Crippen molar-refractivity contribution in [3.05, 3.63) is 34.7 Å². The van der Waals surface area contributed by atoms with Crippen molar-refractivity contribution in [2.45, 2.75) is 47.6 Å². The van der Waals surface area contributed by atoms with Gasteiger partial charge in [0.2, 0.25) is 0 Å². The van der Waals surface area contributed by atoms with Crippen molar-refractivity contribution >= 4 is 5.69 Å². The van der Waals surface area contributed by atoms with Crippen LogP contribution in [0.4, 0.5) is 5.69 Å². The molecule has 1 aromatic rings. The van der Waals surface area contributed by atoms with Crippen LogP contribution in [0, 0.1) is 19.3 Å². The van der Waals surface area contributed by atoms with Crippen LogP contribution in [0.5, 0.6) is 0 Å². The van der Waals surface area contributed by atoms with E-state index in [2.05, 4.69) is 43.7 Å². The first kappa shape index (κ1) is 15.0. The molecule has 0 radical (unpaired) electrons. The maximum absolute atomic E-state index is 6.10. The van der Waals surface area contributed by atoms with Gasteiger partial charge in [-0.3, -0.25) is 9.88 Å². The summed E-state index contributed by atoms with van der Waals surface area (Å²) >= 11 is 0. The molecule has 0 amide bonds. The van der Waals surface area contributed by atoms with Crippen LogP contribution in [0.2, 0.25) is 0 Å². The maximum atomic E-state index is 6.10. The van der Waals surface area contributed by atoms with Gasteiger partial charge in [-0.25, -0.2) is 0 Å². The number of aryl methyl sites for hydroxylation is 1. The molecule has 0 saturated heterocycles. The van der Waals surface area contributed by atoms with Gasteiger partial charge in [0.15, 0.2) is 0 Å². The van der Waals surface area contributed by atoms with Crippen LogP contribution in [0.3, 0.4) is 0 Å². The Morgan fingerprint density at radius 1 is 1.30 bits per heavy atom. The predicted octanol–water partition coefficient (Wildman–Crippen LogP) is 3.46. The van der Waals surface area contributed by atoms with Crippen LogP contribution in [0.25, 0.3) is 0 Å². The standard InChI is InChI=1S/C17H27N3/c1-12-10-19-15(13(2)16(12)18)11-20-8-6-14(7-9-20)17(3,4)5/h6,10H,7-9,11H2,1-5H3,(H2,18,19). The van der Waals surface area contributed by atoms with E-state index in [4.69, 9.17) is 5.73 Å². The summed E-state index contributed by atoms with van der Waals surface area (Å²) in [7, 11) is 0. The molecule has 0 aliphatic carbocycles. The first-order chi connectivity index (χ1) is 9.29. The normalized spacial score (nSPS) is 17.1. The molecule has 1 aromatic heterocycles. The highest BCUT2D eigenvalue weighted by atomic mass is 15.1. The fraction of sp³-hybridized carbons (Fsp3) is 0.588. The average molecular weight is 273 g/mol. The Labute approximate surface area is 122 Å². The van der Waals surface area contributed by atoms with Crippen molar-refractivity contribution < 1.29 is 0 Å². The maximum Gasteiger partial charge on any atom is 0.0593 e. The molecule has 3 nitrogen and oxygen atoms in total. The molecule has 2 N–H and O–H groups in total. The fourth-order valence-corrected chi connectivity index (χ4v) is 2.70. The Kier molecular flexibility index (Phi) is 4.19. The molecule has 3 heteroatoms. The number of anilines is 1. The summed E-state index contributed by atoms with van der Waals surface area (Å²) in [5.41, 5.74) is 12.2. The number of aromatic nitrogens is 1. The van der Waals surface area contributed by atoms with Gasteiger partial charge in [0, 0.05) is 31.5 Å². The first-order valence-electron chi connectivity index (χ1n) is 7.41. The van der Waals surface area contributed by atoms with E-state index in [9.17, 15) is 0 Å². The Hall–Kier alpha value is -1.35. The van der Waals surface area contributed by atoms with Crippen LogP contribution >= 0.6 is 0 Å². The summed E-state index contributed by atoms with van der Waals surface area (Å²) in [4.78, 5) is 7.00. The van der Waals surface area contributed by atoms with Crippen LogP contribution in [0.1, 0.15) is 44.0 Å². The third-order valence-electron chi connectivity index (χ3n) is 4.31. The molecule has 0 unspecified atom stereocenters. The molecule has 0 bridgehead atoms. The quantitative estimate of drug-likeness (QED) is 0.839. The number of hydrogen-bond acceptors (Lipinski definition) is 3. The number of hydrogen-bond donors (Lipinski definition) is 1. The lowest BCUT2D eigenvalue weighted by molar-refractivity contribution is 0.268. The van der Waals surface area contributed by atoms with E-state index in [-0.39, 0.29) is 0 Å². The van der Waals surface area contributed by atoms with Gasteiger partial charge < -0.3 is 5.73 Å². The largest absolute Gasteiger partial charge is 0.398 e. The van der Waals surface area contributed by atoms with Crippen molar-refractivity contribution in [2.24, 2.45) is 5.41 Å². The lowest BCUT2D eigenvalue weighted by Gasteiger charge is -2.32. The van der Waals surface area contributed by atoms with Crippen LogP contribution in [0.15, 0.2) is 17.8 Å². The minimum Gasteiger partial charge on any atom is -0.398 e. The highest BCUT2D eigenvalue weighted by Gasteiger charge is 2.21. The van der Waals surface area contributed by atoms with E-state index in [0.717, 1.165) is 48.6 Å². The minimum atomic E-state index is 0.300. The summed E-state index contributed by atoms with van der Waals surface area (Å²) < 4.78 is 0. The highest BCUT2D eigenvalue weighted by molar-refractivity contribution is 5.53. The van der Waals surface area contributed by atoms with E-state index >= 15 is 0 Å². The number of rotatable bonds is 2. The van der Waals surface area contributed by atoms with Crippen LogP contribution in [-0.4, -0.2) is 23.0 Å². The van der Waals surface area contributed by atoms with Gasteiger partial charge in [-0.05, 0) is 36.8 Å². The molecular weight excluding hydrogens is 246 g/mol. The number of nitrogens with zero attached hydrogens (tertiary/aromatic N) is 2. The zero-order chi connectivity index (χ0) is 14.9. The van der Waals surface area contributed by atoms with Crippen molar-refractivity contribution in [3.8, 4) is 0 Å². The van der Waals surface area contributed by atoms with E-state index in [1.165, 1.54) is 0 Å². The Morgan fingerprint density at radius 2 is 2.00 bits per heavy atom. The molecule has 0 saturated carbocycles. The molecule has 20 heavy (non-hydrogen) atoms. The molecular formula is C17H27N3. The topological polar surface area (TPSA) is 42.2 Å². The molecule has 2 heterocycles. The van der Waals surface area contributed by atoms with Gasteiger partial charge in [0.1, 0.15) is 0 Å². The van der Waals surface area contributed by atoms with Crippen molar-refractivity contribution in [2.75, 3.05) is 18.8 Å². The fourth-order valence-electron chi connectivity index (χ4n) is 2.70. The van der Waals surface area contributed by atoms with E-state index in [1.54, 1.807) is 5.57 Å². The molecule has 110 valence electrons. The second kappa shape index (κ2) is 5.57. The molecule has 0 aromatic carbocycles. The van der Waals surface area contributed by atoms with Crippen LogP contribution in [-0.2, 0) is 6.54 Å². The Morgan fingerprint density at radius 3 is 2.55 bits per heavy atom. The predicted molar refractivity (Wildman–Crippen MR) is 85.6 cm³/mol. The first-order valence-corrected chi connectivity index (χ1v) is 7.41. The summed E-state index contributed by atoms with van der Waals surface area (Å²) in [6.07, 6.45) is 5.43. The van der Waals surface area contributed by atoms with Gasteiger partial charge in [-0.15, -0.1) is 0 Å². The molecule has 0 spiro atoms. The average Bonchev–Trinajstić information content (AvgIpc) is 2.39. The molecule has 0 atom stereocenters. The van der Waals surface area contributed by atoms with E-state index in [0.29, 0.717) is 5.41 Å². The van der Waals surface area contributed by atoms with E-state index in [1.807, 2.05) is 13.1 Å². The third kappa shape index (κ3) is 3.21. The minimum absolute atomic E-state index is 0.300. The lowest BCUT2D eigenvalue weighted by Crippen LogP contribution is -2.31. The van der Waals surface area contributed by atoms with Gasteiger partial charge in [-0.1, -0.05) is 32.4 Å². The van der Waals surface area contributed by atoms with E-state index < -0.39 is 0 Å². The lowest BCUT2D eigenvalue weighted by atomic mass is 9.83. The summed E-state index contributed by atoms with van der Waals surface area (Å²) in [5.74, 6) is 0. The molecule has 2 rings (SSSR count). The Bertz CT molecular complexity index is 524. The highest BCUT2D eigenvalue weighted by Crippen LogP contribution is 2.30. The summed E-state index contributed by atoms with van der Waals surface area (Å²) in [6.45, 7) is 14.0. The molecule has 1 aliphatic heterocycles. The smallest absolute Gasteiger partial charge is 0.0593 e. The second-order valence-corrected chi connectivity index (χ2v) is 6.89. The number of nitrogens with two attached hydrogens (primary N) is 1. The van der Waals surface area contributed by atoms with Gasteiger partial charge in [0.25, 0.3) is 0 Å². The summed E-state index contributed by atoms with van der Waals surface area (Å²) in [6, 6.07) is 0. The van der Waals surface area contributed by atoms with Crippen molar-refractivity contribution in [1.29, 1.82) is 0 Å². The second-order valence-electron chi connectivity index (χ2n) is 6.89. The van der Waals surface area contributed by atoms with Crippen molar-refractivity contribution in [3.63, 3.8) is 0 Å². The molecule has 0 fully saturated rings. The van der Waals surface area contributed by atoms with Gasteiger partial charge >= 0.3 is 0 Å². The number of nitrogen functional groups attached to an aromatic ring is 1. The zero-order valence-electron chi connectivity index (χ0n) is 13.5. The zero-order valence-corrected chi connectivity index (χ0v) is 13.5. The summed E-state index contributed by atoms with van der Waals surface area (Å²) in [5, 5.41) is 0.